The van der Waals surface area contributed by atoms with Gasteiger partial charge in [-0.15, -0.1) is 0 Å². The van der Waals surface area contributed by atoms with E-state index in [2.05, 4.69) is 23.8 Å². The first kappa shape index (κ1) is 10.8. The Kier molecular flexibility index (Phi) is 4.23. The minimum absolute atomic E-state index is 0.318. The largest absolute Gasteiger partial charge is 0.300 e. The number of carbonyl (C=O) groups excluding carboxylic acids is 1. The number of nitrogens with zero attached hydrogens (tertiary/aromatic N) is 2. The third kappa shape index (κ3) is 4.12. The SMILES string of the molecule is CC(C)CC(=O)CCc1ccncn1. The number of Topliss-reactive ketones (excluding diaryl/α,β-unsaturated/α-hetero) is 1. The minimum Gasteiger partial charge on any atom is -0.300 e. The molecular formula is C11H16N2O. The van der Waals surface area contributed by atoms with Gasteiger partial charge in [0.05, 0.1) is 0 Å². The van der Waals surface area contributed by atoms with Gasteiger partial charge in [-0.3, -0.25) is 4.79 Å². The van der Waals surface area contributed by atoms with Gasteiger partial charge in [-0.1, -0.05) is 13.8 Å². The van der Waals surface area contributed by atoms with Crippen molar-refractivity contribution in [3.05, 3.63) is 24.3 Å². The lowest BCUT2D eigenvalue weighted by molar-refractivity contribution is -0.119. The van der Waals surface area contributed by atoms with Crippen LogP contribution in [0.25, 0.3) is 0 Å². The van der Waals surface area contributed by atoms with E-state index in [1.54, 1.807) is 6.20 Å². The van der Waals surface area contributed by atoms with Gasteiger partial charge in [0, 0.05) is 24.7 Å². The van der Waals surface area contributed by atoms with Crippen molar-refractivity contribution >= 4 is 5.78 Å². The molecule has 0 bridgehead atoms. The van der Waals surface area contributed by atoms with Gasteiger partial charge >= 0.3 is 0 Å². The van der Waals surface area contributed by atoms with Gasteiger partial charge in [0.15, 0.2) is 0 Å². The molecule has 0 aromatic carbocycles. The van der Waals surface area contributed by atoms with Crippen molar-refractivity contribution in [1.82, 2.24) is 9.97 Å². The second-order valence-corrected chi connectivity index (χ2v) is 3.84. The van der Waals surface area contributed by atoms with Gasteiger partial charge in [-0.05, 0) is 18.4 Å². The summed E-state index contributed by atoms with van der Waals surface area (Å²) in [5.74, 6) is 0.770. The van der Waals surface area contributed by atoms with Crippen LogP contribution >= 0.6 is 0 Å². The van der Waals surface area contributed by atoms with Gasteiger partial charge in [0.1, 0.15) is 12.1 Å². The van der Waals surface area contributed by atoms with Crippen molar-refractivity contribution < 1.29 is 4.79 Å². The lowest BCUT2D eigenvalue weighted by atomic mass is 10.0. The van der Waals surface area contributed by atoms with Crippen LogP contribution in [0.2, 0.25) is 0 Å². The molecule has 0 atom stereocenters. The Labute approximate surface area is 84.6 Å². The highest BCUT2D eigenvalue weighted by molar-refractivity contribution is 5.78. The Morgan fingerprint density at radius 2 is 2.29 bits per heavy atom. The van der Waals surface area contributed by atoms with Crippen LogP contribution in [-0.4, -0.2) is 15.8 Å². The zero-order chi connectivity index (χ0) is 10.4. The Balaban J connectivity index is 2.31. The van der Waals surface area contributed by atoms with E-state index < -0.39 is 0 Å². The molecule has 1 heterocycles. The molecule has 0 spiro atoms. The van der Waals surface area contributed by atoms with E-state index in [-0.39, 0.29) is 0 Å². The lowest BCUT2D eigenvalue weighted by Gasteiger charge is -2.02. The third-order valence-electron chi connectivity index (χ3n) is 1.94. The molecule has 14 heavy (non-hydrogen) atoms. The van der Waals surface area contributed by atoms with Gasteiger partial charge in [-0.25, -0.2) is 9.97 Å². The molecule has 0 aliphatic carbocycles. The Morgan fingerprint density at radius 1 is 1.50 bits per heavy atom. The highest BCUT2D eigenvalue weighted by atomic mass is 16.1. The summed E-state index contributed by atoms with van der Waals surface area (Å²) in [4.78, 5) is 19.3. The van der Waals surface area contributed by atoms with E-state index in [4.69, 9.17) is 0 Å². The van der Waals surface area contributed by atoms with Crippen LogP contribution in [0.5, 0.6) is 0 Å². The summed E-state index contributed by atoms with van der Waals surface area (Å²) in [6, 6.07) is 1.85. The molecule has 0 aliphatic rings. The maximum atomic E-state index is 11.4. The molecule has 1 rings (SSSR count). The predicted molar refractivity (Wildman–Crippen MR) is 54.8 cm³/mol. The standard InChI is InChI=1S/C11H16N2O/c1-9(2)7-11(14)4-3-10-5-6-12-8-13-10/h5-6,8-9H,3-4,7H2,1-2H3. The second-order valence-electron chi connectivity index (χ2n) is 3.84. The Morgan fingerprint density at radius 3 is 2.86 bits per heavy atom. The fourth-order valence-electron chi connectivity index (χ4n) is 1.29. The van der Waals surface area contributed by atoms with E-state index >= 15 is 0 Å². The van der Waals surface area contributed by atoms with E-state index in [1.165, 1.54) is 6.33 Å². The van der Waals surface area contributed by atoms with Crippen LogP contribution in [-0.2, 0) is 11.2 Å². The molecule has 0 saturated heterocycles. The minimum atomic E-state index is 0.318. The zero-order valence-electron chi connectivity index (χ0n) is 8.73. The summed E-state index contributed by atoms with van der Waals surface area (Å²) in [6.45, 7) is 4.12. The smallest absolute Gasteiger partial charge is 0.133 e. The molecule has 3 heteroatoms. The molecular weight excluding hydrogens is 176 g/mol. The number of hydrogen-bond acceptors (Lipinski definition) is 3. The molecule has 1 aromatic rings. The molecule has 3 nitrogen and oxygen atoms in total. The lowest BCUT2D eigenvalue weighted by Crippen LogP contribution is -2.04. The third-order valence-corrected chi connectivity index (χ3v) is 1.94. The van der Waals surface area contributed by atoms with Crippen LogP contribution in [0.4, 0.5) is 0 Å². The first-order chi connectivity index (χ1) is 6.68. The second kappa shape index (κ2) is 5.47. The van der Waals surface area contributed by atoms with Crippen molar-refractivity contribution in [2.75, 3.05) is 0 Å². The normalized spacial score (nSPS) is 10.5. The summed E-state index contributed by atoms with van der Waals surface area (Å²) in [5.41, 5.74) is 0.942. The summed E-state index contributed by atoms with van der Waals surface area (Å²) in [5, 5.41) is 0. The maximum absolute atomic E-state index is 11.4. The van der Waals surface area contributed by atoms with Gasteiger partial charge in [0.25, 0.3) is 0 Å². The number of hydrogen-bond donors (Lipinski definition) is 0. The van der Waals surface area contributed by atoms with Crippen molar-refractivity contribution in [3.8, 4) is 0 Å². The first-order valence-corrected chi connectivity index (χ1v) is 4.95. The molecule has 0 fully saturated rings. The van der Waals surface area contributed by atoms with E-state index in [9.17, 15) is 4.79 Å². The fraction of sp³-hybridized carbons (Fsp3) is 0.545. The van der Waals surface area contributed by atoms with Crippen LogP contribution in [0, 0.1) is 5.92 Å². The predicted octanol–water partition coefficient (Wildman–Crippen LogP) is 2.02. The maximum Gasteiger partial charge on any atom is 0.133 e. The van der Waals surface area contributed by atoms with Gasteiger partial charge in [-0.2, -0.15) is 0 Å². The molecule has 0 unspecified atom stereocenters. The van der Waals surface area contributed by atoms with Gasteiger partial charge in [0.2, 0.25) is 0 Å². The van der Waals surface area contributed by atoms with Crippen LogP contribution < -0.4 is 0 Å². The summed E-state index contributed by atoms with van der Waals surface area (Å²) in [7, 11) is 0. The molecule has 1 aromatic heterocycles. The highest BCUT2D eigenvalue weighted by Gasteiger charge is 2.05. The van der Waals surface area contributed by atoms with Crippen LogP contribution in [0.3, 0.4) is 0 Å². The molecule has 76 valence electrons. The average molecular weight is 192 g/mol. The highest BCUT2D eigenvalue weighted by Crippen LogP contribution is 2.05. The topological polar surface area (TPSA) is 42.9 Å². The molecule has 0 radical (unpaired) electrons. The molecule has 0 N–H and O–H groups in total. The molecule has 0 saturated carbocycles. The van der Waals surface area contributed by atoms with Crippen molar-refractivity contribution in [2.45, 2.75) is 33.1 Å². The zero-order valence-corrected chi connectivity index (χ0v) is 8.73. The Hall–Kier alpha value is -1.25. The van der Waals surface area contributed by atoms with Crippen LogP contribution in [0.15, 0.2) is 18.6 Å². The van der Waals surface area contributed by atoms with Gasteiger partial charge < -0.3 is 0 Å². The van der Waals surface area contributed by atoms with Crippen molar-refractivity contribution in [1.29, 1.82) is 0 Å². The van der Waals surface area contributed by atoms with Crippen molar-refractivity contribution in [3.63, 3.8) is 0 Å². The first-order valence-electron chi connectivity index (χ1n) is 4.95. The van der Waals surface area contributed by atoms with Crippen LogP contribution in [0.1, 0.15) is 32.4 Å². The number of aryl methyl sites for hydroxylation is 1. The molecule has 0 amide bonds. The summed E-state index contributed by atoms with van der Waals surface area (Å²) >= 11 is 0. The molecule has 0 aliphatic heterocycles. The van der Waals surface area contributed by atoms with E-state index in [0.29, 0.717) is 24.5 Å². The number of rotatable bonds is 5. The number of aromatic nitrogens is 2. The summed E-state index contributed by atoms with van der Waals surface area (Å²) < 4.78 is 0. The summed E-state index contributed by atoms with van der Waals surface area (Å²) in [6.07, 6.45) is 5.21. The monoisotopic (exact) mass is 192 g/mol. The fourth-order valence-corrected chi connectivity index (χ4v) is 1.29. The average Bonchev–Trinajstić information content (AvgIpc) is 2.15. The Bertz CT molecular complexity index is 283. The van der Waals surface area contributed by atoms with E-state index in [1.807, 2.05) is 6.07 Å². The number of carbonyl (C=O) groups is 1. The van der Waals surface area contributed by atoms with E-state index in [0.717, 1.165) is 12.1 Å². The van der Waals surface area contributed by atoms with Crippen molar-refractivity contribution in [2.24, 2.45) is 5.92 Å². The number of ketones is 1. The quantitative estimate of drug-likeness (QED) is 0.716.